The van der Waals surface area contributed by atoms with Gasteiger partial charge in [-0.15, -0.1) is 0 Å². The third-order valence-corrected chi connectivity index (χ3v) is 4.57. The zero-order valence-electron chi connectivity index (χ0n) is 11.7. The summed E-state index contributed by atoms with van der Waals surface area (Å²) in [6, 6.07) is 6.44. The Morgan fingerprint density at radius 3 is 2.25 bits per heavy atom. The zero-order valence-corrected chi connectivity index (χ0v) is 12.6. The highest BCUT2D eigenvalue weighted by Crippen LogP contribution is 2.46. The number of hydrogen-bond donors (Lipinski definition) is 0. The highest BCUT2D eigenvalue weighted by molar-refractivity contribution is 7.53. The Kier molecular flexibility index (Phi) is 6.33. The van der Waals surface area contributed by atoms with Crippen LogP contribution in [0.4, 0.5) is 4.39 Å². The molecule has 112 valence electrons. The lowest BCUT2D eigenvalue weighted by Gasteiger charge is -2.13. The first kappa shape index (κ1) is 16.8. The molecule has 1 unspecified atom stereocenters. The predicted molar refractivity (Wildman–Crippen MR) is 72.6 cm³/mol. The largest absolute Gasteiger partial charge is 0.428 e. The van der Waals surface area contributed by atoms with E-state index < -0.39 is 19.9 Å². The van der Waals surface area contributed by atoms with Crippen molar-refractivity contribution in [2.75, 3.05) is 20.4 Å². The van der Waals surface area contributed by atoms with E-state index in [4.69, 9.17) is 9.05 Å². The molecule has 0 bridgehead atoms. The molecule has 20 heavy (non-hydrogen) atoms. The van der Waals surface area contributed by atoms with Crippen LogP contribution in [0.2, 0.25) is 0 Å². The number of aryl methyl sites for hydroxylation is 1. The lowest BCUT2D eigenvalue weighted by Crippen LogP contribution is -2.10. The van der Waals surface area contributed by atoms with Crippen molar-refractivity contribution < 1.29 is 27.5 Å². The van der Waals surface area contributed by atoms with Gasteiger partial charge in [0.2, 0.25) is 6.36 Å². The van der Waals surface area contributed by atoms with Crippen LogP contribution in [-0.4, -0.2) is 32.7 Å². The second-order valence-corrected chi connectivity index (χ2v) is 6.49. The number of benzene rings is 1. The molecule has 0 N–H and O–H groups in total. The first-order chi connectivity index (χ1) is 9.40. The Morgan fingerprint density at radius 2 is 1.80 bits per heavy atom. The monoisotopic (exact) mass is 304 g/mol. The highest BCUT2D eigenvalue weighted by atomic mass is 31.2. The molecular formula is C13H18FO5P. The van der Waals surface area contributed by atoms with Crippen LogP contribution >= 0.6 is 7.60 Å². The van der Waals surface area contributed by atoms with E-state index in [1.54, 1.807) is 12.1 Å². The molecule has 1 aromatic carbocycles. The molecule has 0 saturated heterocycles. The van der Waals surface area contributed by atoms with Gasteiger partial charge in [0.05, 0.1) is 11.7 Å². The van der Waals surface area contributed by atoms with Crippen LogP contribution in [0.15, 0.2) is 24.3 Å². The van der Waals surface area contributed by atoms with Crippen LogP contribution in [-0.2, 0) is 24.8 Å². The van der Waals surface area contributed by atoms with Gasteiger partial charge in [-0.1, -0.05) is 12.1 Å². The van der Waals surface area contributed by atoms with Crippen molar-refractivity contribution in [2.45, 2.75) is 19.7 Å². The number of rotatable bonds is 7. The number of alkyl halides is 1. The summed E-state index contributed by atoms with van der Waals surface area (Å²) in [6.07, 6.45) is -0.921. The fourth-order valence-electron chi connectivity index (χ4n) is 1.55. The van der Waals surface area contributed by atoms with Crippen molar-refractivity contribution >= 4 is 13.6 Å². The Hall–Kier alpha value is -1.23. The summed E-state index contributed by atoms with van der Waals surface area (Å²) in [5.74, 6) is -0.717. The topological polar surface area (TPSA) is 61.8 Å². The molecule has 1 rings (SSSR count). The fraction of sp³-hybridized carbons (Fsp3) is 0.462. The van der Waals surface area contributed by atoms with Gasteiger partial charge in [-0.3, -0.25) is 4.57 Å². The van der Waals surface area contributed by atoms with E-state index in [2.05, 4.69) is 4.74 Å². The van der Waals surface area contributed by atoms with Gasteiger partial charge in [0.25, 0.3) is 0 Å². The molecule has 0 aliphatic heterocycles. The van der Waals surface area contributed by atoms with Crippen molar-refractivity contribution in [3.8, 4) is 0 Å². The molecule has 1 atom stereocenters. The van der Waals surface area contributed by atoms with Crippen molar-refractivity contribution in [1.82, 2.24) is 0 Å². The van der Waals surface area contributed by atoms with Crippen molar-refractivity contribution in [3.05, 3.63) is 35.4 Å². The highest BCUT2D eigenvalue weighted by Gasteiger charge is 2.20. The molecule has 5 nitrogen and oxygen atoms in total. The molecule has 0 amide bonds. The average molecular weight is 304 g/mol. The van der Waals surface area contributed by atoms with E-state index in [9.17, 15) is 13.8 Å². The molecule has 0 aliphatic carbocycles. The molecule has 0 saturated carbocycles. The molecule has 0 aromatic heterocycles. The van der Waals surface area contributed by atoms with E-state index in [1.807, 2.05) is 0 Å². The van der Waals surface area contributed by atoms with Crippen LogP contribution in [0.25, 0.3) is 0 Å². The van der Waals surface area contributed by atoms with Gasteiger partial charge in [0, 0.05) is 21.1 Å². The van der Waals surface area contributed by atoms with Gasteiger partial charge >= 0.3 is 13.6 Å². The minimum atomic E-state index is -3.04. The maximum absolute atomic E-state index is 12.5. The second-order valence-electron chi connectivity index (χ2n) is 4.09. The minimum Gasteiger partial charge on any atom is -0.428 e. The Labute approximate surface area is 117 Å². The summed E-state index contributed by atoms with van der Waals surface area (Å²) in [7, 11) is -0.368. The summed E-state index contributed by atoms with van der Waals surface area (Å²) in [6.45, 7) is 1.14. The number of hydrogen-bond acceptors (Lipinski definition) is 5. The first-order valence-electron chi connectivity index (χ1n) is 6.04. The van der Waals surface area contributed by atoms with Crippen LogP contribution in [0.1, 0.15) is 22.8 Å². The lowest BCUT2D eigenvalue weighted by molar-refractivity contribution is -0.00575. The minimum absolute atomic E-state index is 0.241. The molecule has 1 aromatic rings. The molecule has 7 heteroatoms. The Balaban J connectivity index is 2.63. The number of carbonyl (C=O) groups excluding carboxylic acids is 1. The lowest BCUT2D eigenvalue weighted by atomic mass is 10.1. The summed E-state index contributed by atoms with van der Waals surface area (Å²) >= 11 is 0. The number of halogens is 1. The maximum atomic E-state index is 12.5. The van der Waals surface area contributed by atoms with Gasteiger partial charge in [0.1, 0.15) is 0 Å². The van der Waals surface area contributed by atoms with E-state index in [-0.39, 0.29) is 11.7 Å². The third-order valence-electron chi connectivity index (χ3n) is 2.69. The standard InChI is InChI=1S/C13H18FO5P/c1-10(14)19-13(15)12-6-4-11(5-7-12)8-9-20(16,17-2)18-3/h4-7,10H,8-9H2,1-3H3. The maximum Gasteiger partial charge on any atom is 0.340 e. The Morgan fingerprint density at radius 1 is 1.25 bits per heavy atom. The molecular weight excluding hydrogens is 286 g/mol. The van der Waals surface area contributed by atoms with E-state index in [1.165, 1.54) is 26.4 Å². The van der Waals surface area contributed by atoms with Gasteiger partial charge in [-0.25, -0.2) is 9.18 Å². The van der Waals surface area contributed by atoms with E-state index in [0.29, 0.717) is 6.42 Å². The second kappa shape index (κ2) is 7.53. The molecule has 0 aliphatic rings. The quantitative estimate of drug-likeness (QED) is 0.572. The predicted octanol–water partition coefficient (Wildman–Crippen LogP) is 3.19. The number of carbonyl (C=O) groups is 1. The smallest absolute Gasteiger partial charge is 0.340 e. The van der Waals surface area contributed by atoms with Crippen molar-refractivity contribution in [3.63, 3.8) is 0 Å². The summed E-state index contributed by atoms with van der Waals surface area (Å²) in [5, 5.41) is 0. The summed E-state index contributed by atoms with van der Waals surface area (Å²) < 4.78 is 38.5. The molecule has 0 spiro atoms. The van der Waals surface area contributed by atoms with Gasteiger partial charge in [0.15, 0.2) is 0 Å². The third kappa shape index (κ3) is 5.04. The van der Waals surface area contributed by atoms with Crippen LogP contribution < -0.4 is 0 Å². The number of ether oxygens (including phenoxy) is 1. The van der Waals surface area contributed by atoms with E-state index in [0.717, 1.165) is 12.5 Å². The van der Waals surface area contributed by atoms with Crippen LogP contribution in [0.5, 0.6) is 0 Å². The molecule has 0 heterocycles. The van der Waals surface area contributed by atoms with Crippen molar-refractivity contribution in [2.24, 2.45) is 0 Å². The SMILES string of the molecule is COP(=O)(CCc1ccc(C(=O)OC(C)F)cc1)OC. The fourth-order valence-corrected chi connectivity index (χ4v) is 2.59. The van der Waals surface area contributed by atoms with E-state index >= 15 is 0 Å². The summed E-state index contributed by atoms with van der Waals surface area (Å²) in [5.41, 5.74) is 1.13. The van der Waals surface area contributed by atoms with Gasteiger partial charge in [-0.05, 0) is 24.1 Å². The summed E-state index contributed by atoms with van der Waals surface area (Å²) in [4.78, 5) is 11.4. The Bertz CT molecular complexity index is 478. The molecule has 0 radical (unpaired) electrons. The van der Waals surface area contributed by atoms with Crippen LogP contribution in [0.3, 0.4) is 0 Å². The zero-order chi connectivity index (χ0) is 15.2. The normalized spacial score (nSPS) is 13.0. The van der Waals surface area contributed by atoms with Crippen LogP contribution in [0, 0.1) is 0 Å². The van der Waals surface area contributed by atoms with Crippen molar-refractivity contribution in [1.29, 1.82) is 0 Å². The number of esters is 1. The first-order valence-corrected chi connectivity index (χ1v) is 7.77. The van der Waals surface area contributed by atoms with Gasteiger partial charge < -0.3 is 13.8 Å². The van der Waals surface area contributed by atoms with Gasteiger partial charge in [-0.2, -0.15) is 0 Å². The average Bonchev–Trinajstić information content (AvgIpc) is 2.44. The molecule has 0 fully saturated rings.